The quantitative estimate of drug-likeness (QED) is 0.926. The molecular formula is C14H19F3N4O. The summed E-state index contributed by atoms with van der Waals surface area (Å²) in [6.07, 6.45) is -2.60. The van der Waals surface area contributed by atoms with Gasteiger partial charge in [0.05, 0.1) is 6.54 Å². The van der Waals surface area contributed by atoms with Gasteiger partial charge in [0.1, 0.15) is 18.1 Å². The number of carbonyl (C=O) groups excluding carboxylic acids is 1. The molecule has 1 aromatic rings. The zero-order valence-corrected chi connectivity index (χ0v) is 12.4. The molecule has 1 aromatic heterocycles. The molecular weight excluding hydrogens is 297 g/mol. The van der Waals surface area contributed by atoms with Crippen LogP contribution in [0.25, 0.3) is 0 Å². The summed E-state index contributed by atoms with van der Waals surface area (Å²) in [4.78, 5) is 21.9. The van der Waals surface area contributed by atoms with E-state index in [0.29, 0.717) is 5.82 Å². The van der Waals surface area contributed by atoms with E-state index in [4.69, 9.17) is 0 Å². The van der Waals surface area contributed by atoms with Gasteiger partial charge in [-0.25, -0.2) is 9.97 Å². The van der Waals surface area contributed by atoms with Gasteiger partial charge < -0.3 is 10.2 Å². The van der Waals surface area contributed by atoms with Crippen molar-refractivity contribution in [3.8, 4) is 0 Å². The molecule has 0 bridgehead atoms. The van der Waals surface area contributed by atoms with E-state index in [0.717, 1.165) is 37.4 Å². The van der Waals surface area contributed by atoms with Crippen molar-refractivity contribution in [2.75, 3.05) is 18.0 Å². The van der Waals surface area contributed by atoms with Gasteiger partial charge in [-0.1, -0.05) is 0 Å². The highest BCUT2D eigenvalue weighted by Gasteiger charge is 2.31. The van der Waals surface area contributed by atoms with Crippen LogP contribution in [0.5, 0.6) is 0 Å². The lowest BCUT2D eigenvalue weighted by molar-refractivity contribution is -0.153. The first-order chi connectivity index (χ1) is 10.3. The number of anilines is 1. The number of hydrogen-bond acceptors (Lipinski definition) is 4. The van der Waals surface area contributed by atoms with Crippen LogP contribution in [0.4, 0.5) is 19.0 Å². The first kappa shape index (κ1) is 16.5. The molecule has 0 saturated carbocycles. The Hall–Kier alpha value is -1.86. The maximum Gasteiger partial charge on any atom is 0.397 e. The van der Waals surface area contributed by atoms with Crippen LogP contribution in [0.1, 0.15) is 37.2 Å². The van der Waals surface area contributed by atoms with Crippen molar-refractivity contribution in [2.24, 2.45) is 0 Å². The number of alkyl halides is 3. The number of amides is 1. The van der Waals surface area contributed by atoms with Gasteiger partial charge in [-0.15, -0.1) is 0 Å². The lowest BCUT2D eigenvalue weighted by Gasteiger charge is -2.28. The molecule has 1 aliphatic rings. The number of carbonyl (C=O) groups is 1. The lowest BCUT2D eigenvalue weighted by Crippen LogP contribution is -2.32. The van der Waals surface area contributed by atoms with E-state index in [9.17, 15) is 18.0 Å². The molecule has 0 atom stereocenters. The number of rotatable bonds is 4. The minimum atomic E-state index is -4.50. The summed E-state index contributed by atoms with van der Waals surface area (Å²) in [6, 6.07) is 1.85. The maximum absolute atomic E-state index is 12.1. The predicted molar refractivity (Wildman–Crippen MR) is 75.4 cm³/mol. The fourth-order valence-corrected chi connectivity index (χ4v) is 2.40. The third kappa shape index (κ3) is 5.16. The topological polar surface area (TPSA) is 58.1 Å². The highest BCUT2D eigenvalue weighted by molar-refractivity contribution is 5.76. The van der Waals surface area contributed by atoms with Crippen LogP contribution in [-0.4, -0.2) is 35.1 Å². The van der Waals surface area contributed by atoms with Crippen molar-refractivity contribution in [3.05, 3.63) is 17.6 Å². The fraction of sp³-hybridized carbons (Fsp3) is 0.643. The van der Waals surface area contributed by atoms with Gasteiger partial charge in [-0.05, 0) is 26.2 Å². The largest absolute Gasteiger partial charge is 0.397 e. The van der Waals surface area contributed by atoms with E-state index in [2.05, 4.69) is 20.2 Å². The van der Waals surface area contributed by atoms with Crippen LogP contribution in [0, 0.1) is 6.92 Å². The number of hydrogen-bond donors (Lipinski definition) is 1. The number of nitrogens with zero attached hydrogens (tertiary/aromatic N) is 3. The van der Waals surface area contributed by atoms with E-state index in [1.54, 1.807) is 6.92 Å². The van der Waals surface area contributed by atoms with E-state index in [-0.39, 0.29) is 6.54 Å². The van der Waals surface area contributed by atoms with Crippen LogP contribution in [-0.2, 0) is 11.3 Å². The normalized spacial score (nSPS) is 15.7. The Bertz CT molecular complexity index is 527. The van der Waals surface area contributed by atoms with Crippen LogP contribution in [0.3, 0.4) is 0 Å². The molecule has 0 unspecified atom stereocenters. The van der Waals surface area contributed by atoms with Crippen LogP contribution >= 0.6 is 0 Å². The second-order valence-electron chi connectivity index (χ2n) is 5.40. The minimum Gasteiger partial charge on any atom is -0.357 e. The Balaban J connectivity index is 1.99. The van der Waals surface area contributed by atoms with Crippen molar-refractivity contribution in [1.82, 2.24) is 15.3 Å². The van der Waals surface area contributed by atoms with Gasteiger partial charge >= 0.3 is 6.18 Å². The Labute approximate surface area is 126 Å². The molecule has 1 saturated heterocycles. The average molecular weight is 316 g/mol. The van der Waals surface area contributed by atoms with Gasteiger partial charge in [0.25, 0.3) is 0 Å². The number of aryl methyl sites for hydroxylation is 1. The Morgan fingerprint density at radius 1 is 1.27 bits per heavy atom. The molecule has 0 aromatic carbocycles. The monoisotopic (exact) mass is 316 g/mol. The molecule has 5 nitrogen and oxygen atoms in total. The Morgan fingerprint density at radius 3 is 2.59 bits per heavy atom. The molecule has 1 amide bonds. The number of aromatic nitrogens is 2. The van der Waals surface area contributed by atoms with Crippen molar-refractivity contribution in [1.29, 1.82) is 0 Å². The molecule has 1 aliphatic heterocycles. The second kappa shape index (κ2) is 6.93. The van der Waals surface area contributed by atoms with Crippen LogP contribution < -0.4 is 10.2 Å². The third-order valence-electron chi connectivity index (χ3n) is 3.37. The molecule has 22 heavy (non-hydrogen) atoms. The molecule has 0 radical (unpaired) electrons. The molecule has 0 spiro atoms. The van der Waals surface area contributed by atoms with E-state index in [1.165, 1.54) is 6.42 Å². The summed E-state index contributed by atoms with van der Waals surface area (Å²) in [6.45, 7) is 3.53. The Morgan fingerprint density at radius 2 is 1.95 bits per heavy atom. The highest BCUT2D eigenvalue weighted by Crippen LogP contribution is 2.20. The Kier molecular flexibility index (Phi) is 5.20. The summed E-state index contributed by atoms with van der Waals surface area (Å²) < 4.78 is 36.3. The molecule has 1 fully saturated rings. The zero-order chi connectivity index (χ0) is 16.2. The summed E-state index contributed by atoms with van der Waals surface area (Å²) in [5, 5.41) is 2.21. The van der Waals surface area contributed by atoms with E-state index in [1.807, 2.05) is 6.07 Å². The molecule has 2 rings (SSSR count). The van der Waals surface area contributed by atoms with Crippen molar-refractivity contribution < 1.29 is 18.0 Å². The molecule has 122 valence electrons. The SMILES string of the molecule is Cc1cc(N2CCCCC2)nc(CNC(=O)CC(F)(F)F)n1. The first-order valence-corrected chi connectivity index (χ1v) is 7.26. The first-order valence-electron chi connectivity index (χ1n) is 7.26. The van der Waals surface area contributed by atoms with E-state index < -0.39 is 18.5 Å². The third-order valence-corrected chi connectivity index (χ3v) is 3.37. The van der Waals surface area contributed by atoms with Crippen molar-refractivity contribution >= 4 is 11.7 Å². The second-order valence-corrected chi connectivity index (χ2v) is 5.40. The summed E-state index contributed by atoms with van der Waals surface area (Å²) in [5.74, 6) is 0.0282. The fourth-order valence-electron chi connectivity index (χ4n) is 2.40. The summed E-state index contributed by atoms with van der Waals surface area (Å²) >= 11 is 0. The standard InChI is InChI=1S/C14H19F3N4O/c1-10-7-12(21-5-3-2-4-6-21)20-11(19-10)9-18-13(22)8-14(15,16)17/h7H,2-6,8-9H2,1H3,(H,18,22). The molecule has 1 N–H and O–H groups in total. The van der Waals surface area contributed by atoms with Gasteiger partial charge in [-0.3, -0.25) is 4.79 Å². The van der Waals surface area contributed by atoms with Gasteiger partial charge in [0.15, 0.2) is 0 Å². The highest BCUT2D eigenvalue weighted by atomic mass is 19.4. The minimum absolute atomic E-state index is 0.0998. The molecule has 0 aliphatic carbocycles. The lowest BCUT2D eigenvalue weighted by atomic mass is 10.1. The smallest absolute Gasteiger partial charge is 0.357 e. The number of piperidine rings is 1. The summed E-state index contributed by atoms with van der Waals surface area (Å²) in [7, 11) is 0. The predicted octanol–water partition coefficient (Wildman–Crippen LogP) is 2.34. The zero-order valence-electron chi connectivity index (χ0n) is 12.4. The molecule has 2 heterocycles. The van der Waals surface area contributed by atoms with Gasteiger partial charge in [0.2, 0.25) is 5.91 Å². The number of halogens is 3. The van der Waals surface area contributed by atoms with Crippen LogP contribution in [0.2, 0.25) is 0 Å². The summed E-state index contributed by atoms with van der Waals surface area (Å²) in [5.41, 5.74) is 0.732. The molecule has 8 heteroatoms. The maximum atomic E-state index is 12.1. The van der Waals surface area contributed by atoms with Crippen molar-refractivity contribution in [2.45, 2.75) is 45.3 Å². The van der Waals surface area contributed by atoms with Gasteiger partial charge in [-0.2, -0.15) is 13.2 Å². The van der Waals surface area contributed by atoms with E-state index >= 15 is 0 Å². The average Bonchev–Trinajstić information content (AvgIpc) is 2.44. The number of nitrogens with one attached hydrogen (secondary N) is 1. The van der Waals surface area contributed by atoms with Gasteiger partial charge in [0, 0.05) is 24.8 Å². The van der Waals surface area contributed by atoms with Crippen molar-refractivity contribution in [3.63, 3.8) is 0 Å². The van der Waals surface area contributed by atoms with Crippen LogP contribution in [0.15, 0.2) is 6.07 Å².